The van der Waals surface area contributed by atoms with Gasteiger partial charge in [-0.3, -0.25) is 9.36 Å². The van der Waals surface area contributed by atoms with E-state index in [9.17, 15) is 9.18 Å². The van der Waals surface area contributed by atoms with Gasteiger partial charge in [-0.15, -0.1) is 10.2 Å². The van der Waals surface area contributed by atoms with Gasteiger partial charge in [0.25, 0.3) is 0 Å². The number of anilines is 1. The minimum atomic E-state index is -0.600. The zero-order chi connectivity index (χ0) is 23.7. The number of rotatable bonds is 6. The monoisotopic (exact) mass is 511 g/mol. The topological polar surface area (TPSA) is 75.6 Å². The van der Waals surface area contributed by atoms with E-state index < -0.39 is 5.82 Å². The smallest absolute Gasteiger partial charge is 0.234 e. The van der Waals surface area contributed by atoms with E-state index in [1.165, 1.54) is 23.9 Å². The Morgan fingerprint density at radius 1 is 1.03 bits per heavy atom. The van der Waals surface area contributed by atoms with Gasteiger partial charge in [0.1, 0.15) is 5.82 Å². The van der Waals surface area contributed by atoms with Crippen molar-refractivity contribution < 1.29 is 9.18 Å². The van der Waals surface area contributed by atoms with Crippen molar-refractivity contribution in [2.24, 2.45) is 0 Å². The second-order valence-electron chi connectivity index (χ2n) is 7.33. The maximum absolute atomic E-state index is 14.0. The number of fused-ring (bicyclic) bond motifs is 1. The molecule has 0 bridgehead atoms. The zero-order valence-corrected chi connectivity index (χ0v) is 19.8. The summed E-state index contributed by atoms with van der Waals surface area (Å²) in [5.74, 6) is -0.365. The summed E-state index contributed by atoms with van der Waals surface area (Å²) in [4.78, 5) is 15.8. The average molecular weight is 512 g/mol. The highest BCUT2D eigenvalue weighted by Crippen LogP contribution is 2.33. The van der Waals surface area contributed by atoms with Gasteiger partial charge in [-0.1, -0.05) is 53.2 Å². The number of nitrogens with zero attached hydrogens (tertiary/aromatic N) is 3. The van der Waals surface area contributed by atoms with E-state index in [2.05, 4.69) is 20.5 Å². The minimum Gasteiger partial charge on any atom is -0.360 e. The molecule has 6 nitrogen and oxygen atoms in total. The molecular weight excluding hydrogens is 496 g/mol. The van der Waals surface area contributed by atoms with Gasteiger partial charge in [-0.05, 0) is 48.5 Å². The van der Waals surface area contributed by atoms with E-state index in [1.807, 2.05) is 47.2 Å². The quantitative estimate of drug-likeness (QED) is 0.252. The summed E-state index contributed by atoms with van der Waals surface area (Å²) in [6, 6.07) is 19.3. The van der Waals surface area contributed by atoms with E-state index in [4.69, 9.17) is 23.2 Å². The van der Waals surface area contributed by atoms with Crippen LogP contribution in [0.1, 0.15) is 0 Å². The van der Waals surface area contributed by atoms with Crippen LogP contribution in [0, 0.1) is 5.82 Å². The van der Waals surface area contributed by atoms with Crippen LogP contribution < -0.4 is 5.32 Å². The van der Waals surface area contributed by atoms with Gasteiger partial charge in [-0.25, -0.2) is 4.39 Å². The number of aromatic nitrogens is 4. The molecule has 10 heteroatoms. The Hall–Kier alpha value is -3.33. The lowest BCUT2D eigenvalue weighted by Crippen LogP contribution is -2.15. The maximum atomic E-state index is 14.0. The molecule has 0 aliphatic carbocycles. The Kier molecular flexibility index (Phi) is 6.28. The van der Waals surface area contributed by atoms with Gasteiger partial charge in [0.05, 0.1) is 11.4 Å². The number of carbonyl (C=O) groups excluding carboxylic acids is 1. The van der Waals surface area contributed by atoms with Crippen molar-refractivity contribution in [3.8, 4) is 17.1 Å². The molecule has 5 rings (SSSR count). The molecule has 2 heterocycles. The summed E-state index contributed by atoms with van der Waals surface area (Å²) in [5.41, 5.74) is 2.70. The van der Waals surface area contributed by atoms with Crippen LogP contribution >= 0.6 is 35.0 Å². The van der Waals surface area contributed by atoms with Crippen LogP contribution in [0.5, 0.6) is 0 Å². The molecule has 170 valence electrons. The summed E-state index contributed by atoms with van der Waals surface area (Å²) in [7, 11) is 0. The van der Waals surface area contributed by atoms with Crippen LogP contribution in [-0.4, -0.2) is 31.4 Å². The number of nitrogens with one attached hydrogen (secondary N) is 2. The van der Waals surface area contributed by atoms with Crippen LogP contribution in [0.3, 0.4) is 0 Å². The summed E-state index contributed by atoms with van der Waals surface area (Å²) >= 11 is 13.1. The number of halogens is 3. The molecule has 2 N–H and O–H groups in total. The highest BCUT2D eigenvalue weighted by molar-refractivity contribution is 7.99. The lowest BCUT2D eigenvalue weighted by Gasteiger charge is -2.11. The molecule has 2 aromatic heterocycles. The fourth-order valence-electron chi connectivity index (χ4n) is 3.52. The van der Waals surface area contributed by atoms with Crippen molar-refractivity contribution in [2.45, 2.75) is 5.16 Å². The predicted octanol–water partition coefficient (Wildman–Crippen LogP) is 6.59. The molecule has 0 unspecified atom stereocenters. The SMILES string of the molecule is O=C(CSc1nnc(-c2c[nH]c3ccccc23)n1-c1ccc(Cl)cc1)Nc1ccc(Cl)cc1F. The van der Waals surface area contributed by atoms with Gasteiger partial charge in [0.15, 0.2) is 11.0 Å². The summed E-state index contributed by atoms with van der Waals surface area (Å²) in [6.07, 6.45) is 1.88. The lowest BCUT2D eigenvalue weighted by molar-refractivity contribution is -0.113. The molecule has 0 radical (unpaired) electrons. The van der Waals surface area contributed by atoms with Crippen molar-refractivity contribution in [1.29, 1.82) is 0 Å². The molecule has 3 aromatic carbocycles. The van der Waals surface area contributed by atoms with Crippen molar-refractivity contribution in [3.05, 3.63) is 88.8 Å². The number of hydrogen-bond donors (Lipinski definition) is 2. The van der Waals surface area contributed by atoms with Crippen LogP contribution in [0.25, 0.3) is 28.0 Å². The second kappa shape index (κ2) is 9.50. The number of para-hydroxylation sites is 1. The normalized spacial score (nSPS) is 11.1. The van der Waals surface area contributed by atoms with Gasteiger partial charge >= 0.3 is 0 Å². The van der Waals surface area contributed by atoms with Crippen LogP contribution in [0.2, 0.25) is 10.0 Å². The van der Waals surface area contributed by atoms with E-state index in [0.717, 1.165) is 28.2 Å². The van der Waals surface area contributed by atoms with Crippen LogP contribution in [0.15, 0.2) is 78.1 Å². The van der Waals surface area contributed by atoms with E-state index in [1.54, 1.807) is 12.1 Å². The highest BCUT2D eigenvalue weighted by atomic mass is 35.5. The first-order valence-corrected chi connectivity index (χ1v) is 11.9. The summed E-state index contributed by atoms with van der Waals surface area (Å²) < 4.78 is 15.9. The van der Waals surface area contributed by atoms with Gasteiger partial charge in [-0.2, -0.15) is 0 Å². The standard InChI is InChI=1S/C24H16Cl2FN5OS/c25-14-5-8-16(9-6-14)32-23(18-12-28-20-4-2-1-3-17(18)20)30-31-24(32)34-13-22(33)29-21-10-7-15(26)11-19(21)27/h1-12,28H,13H2,(H,29,33). The second-order valence-corrected chi connectivity index (χ2v) is 9.14. The number of thioether (sulfide) groups is 1. The average Bonchev–Trinajstić information content (AvgIpc) is 3.44. The number of aromatic amines is 1. The number of H-pyrrole nitrogens is 1. The van der Waals surface area contributed by atoms with Gasteiger partial charge in [0.2, 0.25) is 5.91 Å². The Balaban J connectivity index is 1.46. The number of benzene rings is 3. The van der Waals surface area contributed by atoms with Crippen molar-refractivity contribution in [1.82, 2.24) is 19.7 Å². The van der Waals surface area contributed by atoms with Crippen molar-refractivity contribution in [2.75, 3.05) is 11.1 Å². The van der Waals surface area contributed by atoms with E-state index >= 15 is 0 Å². The molecule has 0 spiro atoms. The van der Waals surface area contributed by atoms with Gasteiger partial charge < -0.3 is 10.3 Å². The Morgan fingerprint density at radius 2 is 1.79 bits per heavy atom. The molecule has 5 aromatic rings. The Morgan fingerprint density at radius 3 is 2.59 bits per heavy atom. The molecule has 0 saturated carbocycles. The van der Waals surface area contributed by atoms with Crippen molar-refractivity contribution >= 4 is 57.5 Å². The molecule has 0 atom stereocenters. The fraction of sp³-hybridized carbons (Fsp3) is 0.0417. The highest BCUT2D eigenvalue weighted by Gasteiger charge is 2.20. The summed E-state index contributed by atoms with van der Waals surface area (Å²) in [5, 5.41) is 13.7. The first-order valence-electron chi connectivity index (χ1n) is 10.1. The van der Waals surface area contributed by atoms with E-state index in [0.29, 0.717) is 16.0 Å². The fourth-order valence-corrected chi connectivity index (χ4v) is 4.56. The van der Waals surface area contributed by atoms with Crippen LogP contribution in [-0.2, 0) is 4.79 Å². The number of hydrogen-bond acceptors (Lipinski definition) is 4. The van der Waals surface area contributed by atoms with Crippen LogP contribution in [0.4, 0.5) is 10.1 Å². The van der Waals surface area contributed by atoms with Crippen molar-refractivity contribution in [3.63, 3.8) is 0 Å². The maximum Gasteiger partial charge on any atom is 0.234 e. The number of amides is 1. The number of carbonyl (C=O) groups is 1. The molecule has 0 aliphatic heterocycles. The third kappa shape index (κ3) is 4.52. The molecule has 0 aliphatic rings. The zero-order valence-electron chi connectivity index (χ0n) is 17.4. The first kappa shape index (κ1) is 22.5. The molecule has 0 saturated heterocycles. The first-order chi connectivity index (χ1) is 16.5. The largest absolute Gasteiger partial charge is 0.360 e. The molecule has 34 heavy (non-hydrogen) atoms. The third-order valence-electron chi connectivity index (χ3n) is 5.09. The van der Waals surface area contributed by atoms with E-state index in [-0.39, 0.29) is 22.4 Å². The summed E-state index contributed by atoms with van der Waals surface area (Å²) in [6.45, 7) is 0. The minimum absolute atomic E-state index is 0.00166. The third-order valence-corrected chi connectivity index (χ3v) is 6.50. The Labute approximate surface area is 208 Å². The Bertz CT molecular complexity index is 1500. The molecule has 0 fully saturated rings. The van der Waals surface area contributed by atoms with Gasteiger partial charge in [0, 0.05) is 38.4 Å². The molecular formula is C24H16Cl2FN5OS. The predicted molar refractivity (Wildman–Crippen MR) is 134 cm³/mol. The molecule has 1 amide bonds. The lowest BCUT2D eigenvalue weighted by atomic mass is 10.1.